The minimum atomic E-state index is -0.864. The fourth-order valence-corrected chi connectivity index (χ4v) is 2.06. The van der Waals surface area contributed by atoms with E-state index in [1.54, 1.807) is 19.9 Å². The summed E-state index contributed by atoms with van der Waals surface area (Å²) in [6, 6.07) is 4.43. The number of hydrogen-bond donors (Lipinski definition) is 1. The number of halogens is 1. The Morgan fingerprint density at radius 2 is 2.16 bits per heavy atom. The van der Waals surface area contributed by atoms with Gasteiger partial charge in [-0.2, -0.15) is 10.4 Å². The monoisotopic (exact) mass is 345 g/mol. The van der Waals surface area contributed by atoms with Crippen molar-refractivity contribution in [2.45, 2.75) is 20.4 Å². The Morgan fingerprint density at radius 3 is 2.76 bits per heavy atom. The van der Waals surface area contributed by atoms with Gasteiger partial charge in [0, 0.05) is 12.1 Å². The second kappa shape index (κ2) is 6.88. The van der Waals surface area contributed by atoms with Crippen molar-refractivity contribution in [2.24, 2.45) is 0 Å². The number of amides is 1. The van der Waals surface area contributed by atoms with Gasteiger partial charge in [-0.25, -0.2) is 9.07 Å². The van der Waals surface area contributed by atoms with E-state index >= 15 is 0 Å². The SMILES string of the molecule is Cc1nn(CC(=O)Nc2cc([N+](=O)[O-])ccc2F)c(=O)c(C#N)c1C. The van der Waals surface area contributed by atoms with Gasteiger partial charge in [-0.15, -0.1) is 0 Å². The fourth-order valence-electron chi connectivity index (χ4n) is 2.06. The Hall–Kier alpha value is -3.61. The summed E-state index contributed by atoms with van der Waals surface area (Å²) in [6.45, 7) is 2.56. The van der Waals surface area contributed by atoms with Gasteiger partial charge < -0.3 is 5.32 Å². The van der Waals surface area contributed by atoms with E-state index in [-0.39, 0.29) is 5.56 Å². The van der Waals surface area contributed by atoms with Gasteiger partial charge in [0.05, 0.1) is 16.3 Å². The number of aromatic nitrogens is 2. The number of nitrogens with one attached hydrogen (secondary N) is 1. The molecule has 1 aromatic carbocycles. The normalized spacial score (nSPS) is 10.2. The summed E-state index contributed by atoms with van der Waals surface area (Å²) < 4.78 is 14.5. The lowest BCUT2D eigenvalue weighted by molar-refractivity contribution is -0.384. The molecule has 0 aliphatic heterocycles. The van der Waals surface area contributed by atoms with E-state index in [9.17, 15) is 24.1 Å². The summed E-state index contributed by atoms with van der Waals surface area (Å²) in [4.78, 5) is 34.1. The molecule has 0 bridgehead atoms. The maximum Gasteiger partial charge on any atom is 0.285 e. The lowest BCUT2D eigenvalue weighted by Crippen LogP contribution is -2.32. The van der Waals surface area contributed by atoms with E-state index in [0.717, 1.165) is 22.9 Å². The number of nitrogens with zero attached hydrogens (tertiary/aromatic N) is 4. The van der Waals surface area contributed by atoms with Crippen LogP contribution in [0.5, 0.6) is 0 Å². The first kappa shape index (κ1) is 17.7. The number of benzene rings is 1. The van der Waals surface area contributed by atoms with Crippen LogP contribution in [0, 0.1) is 41.1 Å². The Morgan fingerprint density at radius 1 is 1.48 bits per heavy atom. The summed E-state index contributed by atoms with van der Waals surface area (Å²) in [5.74, 6) is -1.68. The molecule has 25 heavy (non-hydrogen) atoms. The minimum Gasteiger partial charge on any atom is -0.322 e. The molecule has 0 radical (unpaired) electrons. The number of hydrogen-bond acceptors (Lipinski definition) is 6. The lowest BCUT2D eigenvalue weighted by Gasteiger charge is -2.10. The Labute approximate surface area is 140 Å². The van der Waals surface area contributed by atoms with Gasteiger partial charge in [-0.05, 0) is 25.5 Å². The number of nitro benzene ring substituents is 1. The van der Waals surface area contributed by atoms with Crippen LogP contribution in [0.4, 0.5) is 15.8 Å². The number of nitriles is 1. The summed E-state index contributed by atoms with van der Waals surface area (Å²) in [6.07, 6.45) is 0. The number of rotatable bonds is 4. The molecule has 10 heteroatoms. The van der Waals surface area contributed by atoms with E-state index in [2.05, 4.69) is 10.4 Å². The van der Waals surface area contributed by atoms with Crippen molar-refractivity contribution in [1.29, 1.82) is 5.26 Å². The van der Waals surface area contributed by atoms with Crippen LogP contribution in [0.2, 0.25) is 0 Å². The number of anilines is 1. The van der Waals surface area contributed by atoms with Crippen molar-refractivity contribution in [1.82, 2.24) is 9.78 Å². The van der Waals surface area contributed by atoms with Crippen molar-refractivity contribution in [3.05, 3.63) is 61.3 Å². The van der Waals surface area contributed by atoms with Crippen LogP contribution < -0.4 is 10.9 Å². The molecule has 9 nitrogen and oxygen atoms in total. The van der Waals surface area contributed by atoms with Crippen molar-refractivity contribution >= 4 is 17.3 Å². The number of non-ortho nitro benzene ring substituents is 1. The first-order valence-electron chi connectivity index (χ1n) is 6.96. The van der Waals surface area contributed by atoms with Crippen LogP contribution in [-0.4, -0.2) is 20.6 Å². The number of nitro groups is 1. The molecule has 0 atom stereocenters. The van der Waals surface area contributed by atoms with Crippen molar-refractivity contribution in [3.8, 4) is 6.07 Å². The van der Waals surface area contributed by atoms with E-state index in [1.165, 1.54) is 0 Å². The van der Waals surface area contributed by atoms with Crippen LogP contribution in [0.15, 0.2) is 23.0 Å². The van der Waals surface area contributed by atoms with Gasteiger partial charge in [0.25, 0.3) is 11.2 Å². The van der Waals surface area contributed by atoms with Gasteiger partial charge in [0.15, 0.2) is 0 Å². The molecule has 0 aliphatic carbocycles. The zero-order chi connectivity index (χ0) is 18.7. The topological polar surface area (TPSA) is 131 Å². The smallest absolute Gasteiger partial charge is 0.285 e. The second-order valence-electron chi connectivity index (χ2n) is 5.13. The molecule has 1 amide bonds. The fraction of sp³-hybridized carbons (Fsp3) is 0.200. The molecule has 0 aliphatic rings. The highest BCUT2D eigenvalue weighted by Crippen LogP contribution is 2.21. The molecule has 1 N–H and O–H groups in total. The van der Waals surface area contributed by atoms with Crippen molar-refractivity contribution in [3.63, 3.8) is 0 Å². The average Bonchev–Trinajstić information content (AvgIpc) is 2.55. The molecule has 0 fully saturated rings. The molecule has 2 aromatic rings. The zero-order valence-corrected chi connectivity index (χ0v) is 13.2. The third-order valence-corrected chi connectivity index (χ3v) is 3.48. The van der Waals surface area contributed by atoms with Gasteiger partial charge >= 0.3 is 0 Å². The third-order valence-electron chi connectivity index (χ3n) is 3.48. The molecule has 2 rings (SSSR count). The lowest BCUT2D eigenvalue weighted by atomic mass is 10.1. The summed E-state index contributed by atoms with van der Waals surface area (Å²) >= 11 is 0. The molecule has 0 spiro atoms. The highest BCUT2D eigenvalue weighted by molar-refractivity contribution is 5.91. The molecule has 1 aromatic heterocycles. The predicted molar refractivity (Wildman–Crippen MR) is 84.4 cm³/mol. The number of carbonyl (C=O) groups excluding carboxylic acids is 1. The van der Waals surface area contributed by atoms with Gasteiger partial charge in [0.1, 0.15) is 24.0 Å². The van der Waals surface area contributed by atoms with Crippen LogP contribution in [0.25, 0.3) is 0 Å². The maximum atomic E-state index is 13.7. The number of aryl methyl sites for hydroxylation is 1. The molecular formula is C15H12FN5O4. The minimum absolute atomic E-state index is 0.137. The summed E-state index contributed by atoms with van der Waals surface area (Å²) in [7, 11) is 0. The summed E-state index contributed by atoms with van der Waals surface area (Å²) in [5, 5.41) is 25.8. The zero-order valence-electron chi connectivity index (χ0n) is 13.2. The highest BCUT2D eigenvalue weighted by atomic mass is 19.1. The van der Waals surface area contributed by atoms with Crippen molar-refractivity contribution < 1.29 is 14.1 Å². The Bertz CT molecular complexity index is 977. The van der Waals surface area contributed by atoms with Crippen molar-refractivity contribution in [2.75, 3.05) is 5.32 Å². The van der Waals surface area contributed by atoms with E-state index in [0.29, 0.717) is 11.3 Å². The molecule has 0 unspecified atom stereocenters. The first-order chi connectivity index (χ1) is 11.7. The largest absolute Gasteiger partial charge is 0.322 e. The van der Waals surface area contributed by atoms with Crippen LogP contribution in [0.3, 0.4) is 0 Å². The van der Waals surface area contributed by atoms with Gasteiger partial charge in [-0.3, -0.25) is 19.7 Å². The van der Waals surface area contributed by atoms with Crippen LogP contribution >= 0.6 is 0 Å². The Balaban J connectivity index is 2.29. The number of carbonyl (C=O) groups is 1. The Kier molecular flexibility index (Phi) is 4.88. The standard InChI is InChI=1S/C15H12FN5O4/c1-8-9(2)19-20(15(23)11(8)6-17)7-14(22)18-13-5-10(21(24)25)3-4-12(13)16/h3-5H,7H2,1-2H3,(H,18,22). The van der Waals surface area contributed by atoms with E-state index in [4.69, 9.17) is 5.26 Å². The van der Waals surface area contributed by atoms with Gasteiger partial charge in [0.2, 0.25) is 5.91 Å². The first-order valence-corrected chi connectivity index (χ1v) is 6.96. The average molecular weight is 345 g/mol. The van der Waals surface area contributed by atoms with Crippen LogP contribution in [-0.2, 0) is 11.3 Å². The second-order valence-corrected chi connectivity index (χ2v) is 5.13. The van der Waals surface area contributed by atoms with E-state index < -0.39 is 40.1 Å². The van der Waals surface area contributed by atoms with Gasteiger partial charge in [-0.1, -0.05) is 0 Å². The molecular weight excluding hydrogens is 333 g/mol. The quantitative estimate of drug-likeness (QED) is 0.658. The van der Waals surface area contributed by atoms with Crippen LogP contribution in [0.1, 0.15) is 16.8 Å². The molecule has 1 heterocycles. The highest BCUT2D eigenvalue weighted by Gasteiger charge is 2.16. The molecule has 0 saturated heterocycles. The molecule has 0 saturated carbocycles. The summed E-state index contributed by atoms with van der Waals surface area (Å²) in [5.41, 5.74) is -0.872. The van der Waals surface area contributed by atoms with E-state index in [1.807, 2.05) is 0 Å². The molecule has 128 valence electrons. The maximum absolute atomic E-state index is 13.7. The third kappa shape index (κ3) is 3.66. The predicted octanol–water partition coefficient (Wildman–Crippen LogP) is 1.42.